The Kier molecular flexibility index (Phi) is 5.15. The molecule has 0 unspecified atom stereocenters. The summed E-state index contributed by atoms with van der Waals surface area (Å²) in [6.07, 6.45) is 0. The number of amidine groups is 2. The standard InChI is InChI=1S/C29H20N6O8/c30-26(11-7-3-1-4-8-11)32-27(12-9-5-2-6-10-12)33-35-17-13-14-16(20(36)24(40)21(37)18(14)35)34-19(22(38)25(41)29(34)43)15(13)31-28(42)23(17)39/h1-10,36-41,43H,(H,31,42)(H2,30,32,33). The largest absolute Gasteiger partial charge is 0.503 e. The summed E-state index contributed by atoms with van der Waals surface area (Å²) in [7, 11) is 0. The zero-order valence-corrected chi connectivity index (χ0v) is 21.6. The van der Waals surface area contributed by atoms with Gasteiger partial charge in [-0.25, -0.2) is 14.7 Å². The van der Waals surface area contributed by atoms with Gasteiger partial charge in [0, 0.05) is 21.9 Å². The molecule has 14 nitrogen and oxygen atoms in total. The molecule has 0 aliphatic rings. The lowest BCUT2D eigenvalue weighted by molar-refractivity contribution is 0.366. The Morgan fingerprint density at radius 2 is 1.19 bits per heavy atom. The first kappa shape index (κ1) is 25.4. The van der Waals surface area contributed by atoms with Crippen LogP contribution in [0.15, 0.2) is 65.7 Å². The minimum atomic E-state index is -1.04. The lowest BCUT2D eigenvalue weighted by Gasteiger charge is -2.16. The van der Waals surface area contributed by atoms with Crippen molar-refractivity contribution in [2.45, 2.75) is 0 Å². The summed E-state index contributed by atoms with van der Waals surface area (Å²) in [5, 5.41) is 94.9. The van der Waals surface area contributed by atoms with Crippen LogP contribution in [0.1, 0.15) is 11.1 Å². The van der Waals surface area contributed by atoms with Gasteiger partial charge in [0.1, 0.15) is 27.6 Å². The molecule has 214 valence electrons. The Morgan fingerprint density at radius 3 is 1.84 bits per heavy atom. The molecule has 0 amide bonds. The Morgan fingerprint density at radius 1 is 0.628 bits per heavy atom. The molecule has 0 aliphatic heterocycles. The van der Waals surface area contributed by atoms with Gasteiger partial charge in [0.25, 0.3) is 5.88 Å². The fourth-order valence-electron chi connectivity index (χ4n) is 5.36. The third-order valence-corrected chi connectivity index (χ3v) is 7.27. The lowest BCUT2D eigenvalue weighted by atomic mass is 10.1. The zero-order chi connectivity index (χ0) is 30.3. The first-order valence-corrected chi connectivity index (χ1v) is 12.6. The summed E-state index contributed by atoms with van der Waals surface area (Å²) >= 11 is 0. The molecular formula is C29H20N6O8. The van der Waals surface area contributed by atoms with Crippen molar-refractivity contribution >= 4 is 50.0 Å². The minimum absolute atomic E-state index is 0.0289. The van der Waals surface area contributed by atoms with Crippen LogP contribution in [0.2, 0.25) is 0 Å². The Bertz CT molecular complexity index is 2310. The molecule has 0 bridgehead atoms. The molecule has 7 aromatic rings. The van der Waals surface area contributed by atoms with Gasteiger partial charge in [-0.05, 0) is 0 Å². The molecule has 7 rings (SSSR count). The fraction of sp³-hybridized carbons (Fsp3) is 0. The summed E-state index contributed by atoms with van der Waals surface area (Å²) in [4.78, 5) is 8.42. The summed E-state index contributed by atoms with van der Waals surface area (Å²) in [6.45, 7) is 0. The van der Waals surface area contributed by atoms with E-state index >= 15 is 0 Å². The van der Waals surface area contributed by atoms with Crippen molar-refractivity contribution in [3.05, 3.63) is 71.8 Å². The second-order valence-electron chi connectivity index (χ2n) is 9.67. The highest BCUT2D eigenvalue weighted by molar-refractivity contribution is 6.30. The number of aliphatic imine (C=N–C) groups is 1. The van der Waals surface area contributed by atoms with Gasteiger partial charge in [-0.2, -0.15) is 0 Å². The van der Waals surface area contributed by atoms with Crippen molar-refractivity contribution in [2.75, 3.05) is 5.43 Å². The molecule has 0 saturated heterocycles. The number of pyridine rings is 2. The number of phenolic OH excluding ortho intramolecular Hbond substituents is 3. The van der Waals surface area contributed by atoms with Crippen LogP contribution in [0.3, 0.4) is 0 Å². The van der Waals surface area contributed by atoms with Crippen LogP contribution in [0.5, 0.6) is 46.3 Å². The minimum Gasteiger partial charge on any atom is -0.503 e. The van der Waals surface area contributed by atoms with E-state index in [4.69, 9.17) is 5.41 Å². The Labute approximate surface area is 239 Å². The molecule has 0 radical (unpaired) electrons. The topological polar surface area (TPSA) is 232 Å². The maximum Gasteiger partial charge on any atom is 0.257 e. The smallest absolute Gasteiger partial charge is 0.257 e. The average Bonchev–Trinajstić information content (AvgIpc) is 3.47. The number of nitrogens with one attached hydrogen (secondary N) is 2. The molecule has 4 aromatic heterocycles. The number of hydrogen-bond acceptors (Lipinski definition) is 10. The highest BCUT2D eigenvalue weighted by Crippen LogP contribution is 2.56. The van der Waals surface area contributed by atoms with E-state index in [0.717, 1.165) is 9.08 Å². The van der Waals surface area contributed by atoms with Gasteiger partial charge in [0.15, 0.2) is 28.9 Å². The van der Waals surface area contributed by atoms with E-state index in [-0.39, 0.29) is 50.0 Å². The number of hydrogen-bond donors (Lipinski definition) is 10. The predicted octanol–water partition coefficient (Wildman–Crippen LogP) is 3.69. The number of aromatic nitrogens is 3. The molecule has 4 heterocycles. The second-order valence-corrected chi connectivity index (χ2v) is 9.67. The van der Waals surface area contributed by atoms with Crippen molar-refractivity contribution in [3.63, 3.8) is 0 Å². The average molecular weight is 581 g/mol. The van der Waals surface area contributed by atoms with Crippen molar-refractivity contribution in [2.24, 2.45) is 4.99 Å². The van der Waals surface area contributed by atoms with E-state index in [9.17, 15) is 40.9 Å². The molecule has 0 atom stereocenters. The molecule has 0 aliphatic carbocycles. The van der Waals surface area contributed by atoms with Crippen LogP contribution >= 0.6 is 0 Å². The molecule has 0 saturated carbocycles. The Hall–Kier alpha value is -6.57. The third kappa shape index (κ3) is 3.31. The molecule has 0 fully saturated rings. The van der Waals surface area contributed by atoms with Crippen molar-refractivity contribution in [3.8, 4) is 46.3 Å². The summed E-state index contributed by atoms with van der Waals surface area (Å²) < 4.78 is 1.85. The molecule has 0 spiro atoms. The van der Waals surface area contributed by atoms with Crippen molar-refractivity contribution in [1.29, 1.82) is 5.41 Å². The third-order valence-electron chi connectivity index (χ3n) is 7.27. The second kappa shape index (κ2) is 8.71. The van der Waals surface area contributed by atoms with Gasteiger partial charge in [0.05, 0.1) is 0 Å². The maximum atomic E-state index is 11.2. The van der Waals surface area contributed by atoms with Gasteiger partial charge >= 0.3 is 0 Å². The molecule has 3 aromatic carbocycles. The number of nitrogens with zero attached hydrogens (tertiary/aromatic N) is 4. The van der Waals surface area contributed by atoms with Crippen LogP contribution < -0.4 is 5.43 Å². The summed E-state index contributed by atoms with van der Waals surface area (Å²) in [6, 6.07) is 17.2. The SMILES string of the molecule is N=C(N=C(Nn1c2c(O)c(O)nc3c2c2c1c(O)c(O)c(O)c2n1c(O)c(O)c(O)c31)c1ccccc1)c1ccccc1. The molecule has 10 N–H and O–H groups in total. The summed E-state index contributed by atoms with van der Waals surface area (Å²) in [5.41, 5.74) is 2.33. The Balaban J connectivity index is 1.64. The maximum absolute atomic E-state index is 11.2. The molecule has 14 heteroatoms. The highest BCUT2D eigenvalue weighted by atomic mass is 16.3. The van der Waals surface area contributed by atoms with E-state index in [1.807, 2.05) is 0 Å². The van der Waals surface area contributed by atoms with E-state index < -0.39 is 46.3 Å². The van der Waals surface area contributed by atoms with Crippen molar-refractivity contribution in [1.82, 2.24) is 14.1 Å². The quantitative estimate of drug-likeness (QED) is 0.0630. The monoisotopic (exact) mass is 580 g/mol. The van der Waals surface area contributed by atoms with E-state index in [0.29, 0.717) is 11.1 Å². The van der Waals surface area contributed by atoms with Crippen LogP contribution in [0.25, 0.3) is 38.4 Å². The van der Waals surface area contributed by atoms with E-state index in [1.54, 1.807) is 60.7 Å². The van der Waals surface area contributed by atoms with Crippen LogP contribution in [-0.2, 0) is 0 Å². The highest BCUT2D eigenvalue weighted by Gasteiger charge is 2.34. The lowest BCUT2D eigenvalue weighted by Crippen LogP contribution is -2.25. The van der Waals surface area contributed by atoms with E-state index in [2.05, 4.69) is 15.4 Å². The zero-order valence-electron chi connectivity index (χ0n) is 21.6. The van der Waals surface area contributed by atoms with Crippen LogP contribution in [0.4, 0.5) is 0 Å². The fourth-order valence-corrected chi connectivity index (χ4v) is 5.36. The molecule has 43 heavy (non-hydrogen) atoms. The van der Waals surface area contributed by atoms with Gasteiger partial charge in [-0.3, -0.25) is 15.2 Å². The van der Waals surface area contributed by atoms with Gasteiger partial charge in [0.2, 0.25) is 23.1 Å². The molecular weight excluding hydrogens is 560 g/mol. The van der Waals surface area contributed by atoms with Crippen molar-refractivity contribution < 1.29 is 40.9 Å². The van der Waals surface area contributed by atoms with E-state index in [1.165, 1.54) is 0 Å². The number of benzene rings is 3. The predicted molar refractivity (Wildman–Crippen MR) is 156 cm³/mol. The first-order valence-electron chi connectivity index (χ1n) is 12.6. The number of aromatic hydroxyl groups is 8. The van der Waals surface area contributed by atoms with Gasteiger partial charge < -0.3 is 40.9 Å². The van der Waals surface area contributed by atoms with Gasteiger partial charge in [-0.15, -0.1) is 0 Å². The summed E-state index contributed by atoms with van der Waals surface area (Å²) in [5.74, 6) is -7.49. The number of fused-ring (bicyclic) bond motifs is 3. The van der Waals surface area contributed by atoms with Crippen LogP contribution in [-0.4, -0.2) is 66.6 Å². The normalized spacial score (nSPS) is 12.2. The van der Waals surface area contributed by atoms with Crippen LogP contribution in [0, 0.1) is 5.41 Å². The number of rotatable bonds is 3. The van der Waals surface area contributed by atoms with Gasteiger partial charge in [-0.1, -0.05) is 60.7 Å². The number of phenols is 3. The first-order chi connectivity index (χ1) is 20.6.